The van der Waals surface area contributed by atoms with Crippen molar-refractivity contribution in [3.63, 3.8) is 0 Å². The maximum atomic E-state index is 11.9. The van der Waals surface area contributed by atoms with Crippen LogP contribution in [0.4, 0.5) is 5.82 Å². The van der Waals surface area contributed by atoms with Crippen LogP contribution in [0.2, 0.25) is 5.02 Å². The van der Waals surface area contributed by atoms with Crippen LogP contribution >= 0.6 is 11.6 Å². The molecule has 1 aliphatic carbocycles. The number of amides is 2. The maximum Gasteiger partial charge on any atom is 0.314 e. The number of aromatic nitrogens is 2. The third-order valence-corrected chi connectivity index (χ3v) is 4.22. The summed E-state index contributed by atoms with van der Waals surface area (Å²) in [7, 11) is 1.84. The van der Waals surface area contributed by atoms with E-state index in [4.69, 9.17) is 11.6 Å². The monoisotopic (exact) mass is 346 g/mol. The zero-order chi connectivity index (χ0) is 17.1. The highest BCUT2D eigenvalue weighted by molar-refractivity contribution is 6.39. The molecule has 7 heteroatoms. The van der Waals surface area contributed by atoms with E-state index in [1.54, 1.807) is 16.8 Å². The molecule has 1 fully saturated rings. The number of hydrogen-bond donors (Lipinski definition) is 2. The van der Waals surface area contributed by atoms with Gasteiger partial charge in [0.25, 0.3) is 0 Å². The molecular formula is C17H19ClN4O2. The minimum atomic E-state index is -0.702. The lowest BCUT2D eigenvalue weighted by atomic mass is 10.1. The molecule has 0 saturated heterocycles. The summed E-state index contributed by atoms with van der Waals surface area (Å²) in [5.74, 6) is -0.423. The van der Waals surface area contributed by atoms with Crippen molar-refractivity contribution in [3.8, 4) is 0 Å². The molecule has 0 aliphatic heterocycles. The normalized spacial score (nSPS) is 13.6. The van der Waals surface area contributed by atoms with Gasteiger partial charge < -0.3 is 10.6 Å². The second-order valence-electron chi connectivity index (χ2n) is 5.94. The van der Waals surface area contributed by atoms with Crippen LogP contribution < -0.4 is 10.6 Å². The quantitative estimate of drug-likeness (QED) is 0.815. The molecule has 0 spiro atoms. The Morgan fingerprint density at radius 1 is 1.25 bits per heavy atom. The van der Waals surface area contributed by atoms with E-state index in [1.165, 1.54) is 0 Å². The Morgan fingerprint density at radius 2 is 1.96 bits per heavy atom. The molecule has 0 atom stereocenters. The first-order valence-corrected chi connectivity index (χ1v) is 8.28. The summed E-state index contributed by atoms with van der Waals surface area (Å²) in [6, 6.07) is 9.20. The van der Waals surface area contributed by atoms with Crippen molar-refractivity contribution in [2.45, 2.75) is 25.2 Å². The van der Waals surface area contributed by atoms with Crippen LogP contribution in [0, 0.1) is 0 Å². The number of carbonyl (C=O) groups is 2. The van der Waals surface area contributed by atoms with Crippen LogP contribution in [0.1, 0.15) is 30.0 Å². The third-order valence-electron chi connectivity index (χ3n) is 3.97. The fraction of sp³-hybridized carbons (Fsp3) is 0.353. The number of aryl methyl sites for hydroxylation is 1. The maximum absolute atomic E-state index is 11.9. The van der Waals surface area contributed by atoms with Gasteiger partial charge in [0.15, 0.2) is 5.82 Å². The van der Waals surface area contributed by atoms with Crippen molar-refractivity contribution in [2.24, 2.45) is 7.05 Å². The summed E-state index contributed by atoms with van der Waals surface area (Å²) in [4.78, 5) is 23.8. The van der Waals surface area contributed by atoms with Crippen molar-refractivity contribution >= 4 is 29.2 Å². The summed E-state index contributed by atoms with van der Waals surface area (Å²) in [5, 5.41) is 10.0. The molecule has 0 bridgehead atoms. The first-order valence-electron chi connectivity index (χ1n) is 7.90. The lowest BCUT2D eigenvalue weighted by Gasteiger charge is -2.05. The summed E-state index contributed by atoms with van der Waals surface area (Å²) in [6.07, 6.45) is 2.93. The predicted octanol–water partition coefficient (Wildman–Crippen LogP) is 2.25. The molecule has 6 nitrogen and oxygen atoms in total. The van der Waals surface area contributed by atoms with Gasteiger partial charge in [-0.05, 0) is 37.0 Å². The number of carbonyl (C=O) groups excluding carboxylic acids is 2. The van der Waals surface area contributed by atoms with Crippen LogP contribution in [0.5, 0.6) is 0 Å². The second kappa shape index (κ2) is 7.05. The summed E-state index contributed by atoms with van der Waals surface area (Å²) < 4.78 is 1.76. The predicted molar refractivity (Wildman–Crippen MR) is 92.0 cm³/mol. The van der Waals surface area contributed by atoms with Crippen LogP contribution in [0.15, 0.2) is 30.3 Å². The molecule has 2 amide bonds. The van der Waals surface area contributed by atoms with E-state index < -0.39 is 11.8 Å². The van der Waals surface area contributed by atoms with Gasteiger partial charge in [0.1, 0.15) is 0 Å². The zero-order valence-electron chi connectivity index (χ0n) is 13.4. The molecule has 2 aromatic rings. The Bertz CT molecular complexity index is 750. The molecule has 1 aliphatic rings. The van der Waals surface area contributed by atoms with Crippen LogP contribution in [0.25, 0.3) is 0 Å². The van der Waals surface area contributed by atoms with E-state index in [1.807, 2.05) is 25.2 Å². The van der Waals surface area contributed by atoms with Gasteiger partial charge in [-0.1, -0.05) is 23.7 Å². The Hall–Kier alpha value is -2.34. The summed E-state index contributed by atoms with van der Waals surface area (Å²) in [6.45, 7) is 0.378. The molecule has 3 rings (SSSR count). The second-order valence-corrected chi connectivity index (χ2v) is 6.38. The molecule has 0 radical (unpaired) electrons. The first kappa shape index (κ1) is 16.5. The molecule has 1 heterocycles. The molecule has 1 aromatic heterocycles. The number of hydrogen-bond acceptors (Lipinski definition) is 3. The number of anilines is 1. The Labute approximate surface area is 145 Å². The van der Waals surface area contributed by atoms with Crippen molar-refractivity contribution in [1.29, 1.82) is 0 Å². The molecule has 1 saturated carbocycles. The Kier molecular flexibility index (Phi) is 4.85. The van der Waals surface area contributed by atoms with Crippen LogP contribution in [-0.2, 0) is 23.1 Å². The van der Waals surface area contributed by atoms with Gasteiger partial charge in [-0.3, -0.25) is 14.3 Å². The van der Waals surface area contributed by atoms with E-state index in [9.17, 15) is 9.59 Å². The van der Waals surface area contributed by atoms with Gasteiger partial charge >= 0.3 is 11.8 Å². The lowest BCUT2D eigenvalue weighted by molar-refractivity contribution is -0.136. The number of nitrogens with one attached hydrogen (secondary N) is 2. The number of halogens is 1. The van der Waals surface area contributed by atoms with Gasteiger partial charge in [0.2, 0.25) is 0 Å². The van der Waals surface area contributed by atoms with Gasteiger partial charge in [0, 0.05) is 36.3 Å². The molecule has 2 N–H and O–H groups in total. The highest BCUT2D eigenvalue weighted by Crippen LogP contribution is 2.40. The minimum absolute atomic E-state index is 0.378. The van der Waals surface area contributed by atoms with Gasteiger partial charge in [-0.25, -0.2) is 0 Å². The lowest BCUT2D eigenvalue weighted by Crippen LogP contribution is -2.36. The third kappa shape index (κ3) is 4.14. The van der Waals surface area contributed by atoms with Crippen LogP contribution in [-0.4, -0.2) is 28.1 Å². The number of rotatable bonds is 5. The average Bonchev–Trinajstić information content (AvgIpc) is 3.33. The van der Waals surface area contributed by atoms with Crippen molar-refractivity contribution in [1.82, 2.24) is 15.1 Å². The molecular weight excluding hydrogens is 328 g/mol. The van der Waals surface area contributed by atoms with Crippen molar-refractivity contribution in [3.05, 3.63) is 46.6 Å². The average molecular weight is 347 g/mol. The highest BCUT2D eigenvalue weighted by atomic mass is 35.5. The molecule has 126 valence electrons. The topological polar surface area (TPSA) is 76.0 Å². The van der Waals surface area contributed by atoms with E-state index >= 15 is 0 Å². The smallest absolute Gasteiger partial charge is 0.314 e. The summed E-state index contributed by atoms with van der Waals surface area (Å²) in [5.41, 5.74) is 2.13. The molecule has 1 aromatic carbocycles. The SMILES string of the molecule is Cn1nc(NC(=O)C(=O)NCCc2ccc(Cl)cc2)cc1C1CC1. The fourth-order valence-corrected chi connectivity index (χ4v) is 2.65. The fourth-order valence-electron chi connectivity index (χ4n) is 2.53. The van der Waals surface area contributed by atoms with E-state index in [2.05, 4.69) is 15.7 Å². The van der Waals surface area contributed by atoms with Crippen LogP contribution in [0.3, 0.4) is 0 Å². The van der Waals surface area contributed by atoms with Gasteiger partial charge in [0.05, 0.1) is 0 Å². The standard InChI is InChI=1S/C17H19ClN4O2/c1-22-14(12-4-5-12)10-15(21-22)20-17(24)16(23)19-9-8-11-2-6-13(18)7-3-11/h2-3,6-7,10,12H,4-5,8-9H2,1H3,(H,19,23)(H,20,21,24). The van der Waals surface area contributed by atoms with Gasteiger partial charge in [-0.2, -0.15) is 5.10 Å². The van der Waals surface area contributed by atoms with Crippen molar-refractivity contribution < 1.29 is 9.59 Å². The zero-order valence-corrected chi connectivity index (χ0v) is 14.1. The number of benzene rings is 1. The first-order chi connectivity index (χ1) is 11.5. The molecule has 24 heavy (non-hydrogen) atoms. The Morgan fingerprint density at radius 3 is 2.62 bits per heavy atom. The Balaban J connectivity index is 1.47. The molecule has 0 unspecified atom stereocenters. The summed E-state index contributed by atoms with van der Waals surface area (Å²) >= 11 is 5.82. The van der Waals surface area contributed by atoms with E-state index in [-0.39, 0.29) is 0 Å². The minimum Gasteiger partial charge on any atom is -0.347 e. The van der Waals surface area contributed by atoms with Gasteiger partial charge in [-0.15, -0.1) is 0 Å². The van der Waals surface area contributed by atoms with Crippen molar-refractivity contribution in [2.75, 3.05) is 11.9 Å². The van der Waals surface area contributed by atoms with E-state index in [0.29, 0.717) is 29.7 Å². The number of nitrogens with zero attached hydrogens (tertiary/aromatic N) is 2. The van der Waals surface area contributed by atoms with E-state index in [0.717, 1.165) is 24.1 Å². The largest absolute Gasteiger partial charge is 0.347 e. The highest BCUT2D eigenvalue weighted by Gasteiger charge is 2.27.